The molecule has 0 bridgehead atoms. The summed E-state index contributed by atoms with van der Waals surface area (Å²) in [5, 5.41) is 9.31. The van der Waals surface area contributed by atoms with Crippen LogP contribution in [0.15, 0.2) is 48.7 Å². The first-order valence-electron chi connectivity index (χ1n) is 9.02. The van der Waals surface area contributed by atoms with Gasteiger partial charge in [0.15, 0.2) is 0 Å². The summed E-state index contributed by atoms with van der Waals surface area (Å²) in [6.45, 7) is 2.56. The summed E-state index contributed by atoms with van der Waals surface area (Å²) in [5.41, 5.74) is 2.30. The first kappa shape index (κ1) is 20.8. The average molecular weight is 431 g/mol. The average Bonchev–Trinajstić information content (AvgIpc) is 2.68. The number of amides is 2. The van der Waals surface area contributed by atoms with Gasteiger partial charge in [0.05, 0.1) is 10.0 Å². The summed E-state index contributed by atoms with van der Waals surface area (Å²) in [6, 6.07) is 12.0. The van der Waals surface area contributed by atoms with Crippen LogP contribution in [0, 0.1) is 6.92 Å². The van der Waals surface area contributed by atoms with Gasteiger partial charge in [0.2, 0.25) is 5.95 Å². The summed E-state index contributed by atoms with van der Waals surface area (Å²) in [4.78, 5) is 25.1. The molecule has 150 valence electrons. The molecule has 7 nitrogen and oxygen atoms in total. The van der Waals surface area contributed by atoms with Gasteiger partial charge in [-0.3, -0.25) is 10.3 Å². The lowest BCUT2D eigenvalue weighted by molar-refractivity contribution is 0.262. The van der Waals surface area contributed by atoms with Crippen LogP contribution in [0.4, 0.5) is 22.2 Å². The summed E-state index contributed by atoms with van der Waals surface area (Å²) in [7, 11) is 0. The van der Waals surface area contributed by atoms with Crippen molar-refractivity contribution < 1.29 is 4.79 Å². The van der Waals surface area contributed by atoms with Crippen LogP contribution < -0.4 is 16.0 Å². The molecule has 9 heteroatoms. The number of halogens is 2. The number of pyridine rings is 1. The molecule has 0 radical (unpaired) electrons. The van der Waals surface area contributed by atoms with Gasteiger partial charge in [-0.15, -0.1) is 0 Å². The van der Waals surface area contributed by atoms with Gasteiger partial charge < -0.3 is 10.6 Å². The molecule has 0 unspecified atom stereocenters. The van der Waals surface area contributed by atoms with Crippen molar-refractivity contribution in [1.29, 1.82) is 0 Å². The minimum Gasteiger partial charge on any atom is -0.370 e. The van der Waals surface area contributed by atoms with Crippen molar-refractivity contribution >= 4 is 46.7 Å². The van der Waals surface area contributed by atoms with Gasteiger partial charge in [-0.25, -0.2) is 9.78 Å². The van der Waals surface area contributed by atoms with Crippen molar-refractivity contribution in [2.75, 3.05) is 22.5 Å². The monoisotopic (exact) mass is 430 g/mol. The Labute approximate surface area is 178 Å². The smallest absolute Gasteiger partial charge is 0.326 e. The Kier molecular flexibility index (Phi) is 7.21. The molecular weight excluding hydrogens is 411 g/mol. The largest absolute Gasteiger partial charge is 0.370 e. The number of nitrogens with one attached hydrogen (secondary N) is 3. The summed E-state index contributed by atoms with van der Waals surface area (Å²) in [6.07, 6.45) is 3.56. The molecule has 2 heterocycles. The molecule has 2 aromatic heterocycles. The SMILES string of the molecule is Cc1cc(NCCCc2ccccn2)nc(NC(=O)Nc2ccc(Cl)c(Cl)c2)n1. The molecule has 3 rings (SSSR count). The molecule has 0 saturated carbocycles. The molecule has 0 fully saturated rings. The van der Waals surface area contributed by atoms with Crippen LogP contribution in [0.2, 0.25) is 10.0 Å². The van der Waals surface area contributed by atoms with Crippen molar-refractivity contribution in [3.05, 3.63) is 70.1 Å². The van der Waals surface area contributed by atoms with E-state index in [1.807, 2.05) is 31.2 Å². The van der Waals surface area contributed by atoms with Gasteiger partial charge in [-0.2, -0.15) is 4.98 Å². The van der Waals surface area contributed by atoms with Crippen LogP contribution in [0.25, 0.3) is 0 Å². The van der Waals surface area contributed by atoms with E-state index in [4.69, 9.17) is 23.2 Å². The van der Waals surface area contributed by atoms with E-state index >= 15 is 0 Å². The van der Waals surface area contributed by atoms with Crippen molar-refractivity contribution in [3.8, 4) is 0 Å². The van der Waals surface area contributed by atoms with Crippen molar-refractivity contribution in [2.45, 2.75) is 19.8 Å². The van der Waals surface area contributed by atoms with Gasteiger partial charge in [0.25, 0.3) is 0 Å². The quantitative estimate of drug-likeness (QED) is 0.449. The molecule has 2 amide bonds. The molecule has 0 aliphatic rings. The number of rotatable bonds is 7. The highest BCUT2D eigenvalue weighted by Crippen LogP contribution is 2.25. The fraction of sp³-hybridized carbons (Fsp3) is 0.200. The lowest BCUT2D eigenvalue weighted by atomic mass is 10.2. The maximum Gasteiger partial charge on any atom is 0.326 e. The third-order valence-electron chi connectivity index (χ3n) is 3.90. The number of nitrogens with zero attached hydrogens (tertiary/aromatic N) is 3. The molecule has 0 aliphatic carbocycles. The normalized spacial score (nSPS) is 10.4. The lowest BCUT2D eigenvalue weighted by Gasteiger charge is -2.10. The van der Waals surface area contributed by atoms with Gasteiger partial charge in [0.1, 0.15) is 5.82 Å². The second kappa shape index (κ2) is 10.0. The van der Waals surface area contributed by atoms with Crippen LogP contribution in [0.3, 0.4) is 0 Å². The van der Waals surface area contributed by atoms with Crippen LogP contribution in [0.5, 0.6) is 0 Å². The van der Waals surface area contributed by atoms with E-state index < -0.39 is 6.03 Å². The van der Waals surface area contributed by atoms with Crippen LogP contribution in [-0.2, 0) is 6.42 Å². The maximum atomic E-state index is 12.2. The number of urea groups is 1. The highest BCUT2D eigenvalue weighted by molar-refractivity contribution is 6.42. The number of carbonyl (C=O) groups is 1. The molecule has 0 aliphatic heterocycles. The van der Waals surface area contributed by atoms with E-state index in [1.54, 1.807) is 24.4 Å². The Balaban J connectivity index is 1.53. The van der Waals surface area contributed by atoms with Crippen LogP contribution in [-0.4, -0.2) is 27.5 Å². The zero-order valence-corrected chi connectivity index (χ0v) is 17.3. The third kappa shape index (κ3) is 6.58. The first-order valence-corrected chi connectivity index (χ1v) is 9.78. The Bertz CT molecular complexity index is 984. The minimum atomic E-state index is -0.477. The van der Waals surface area contributed by atoms with Gasteiger partial charge in [-0.1, -0.05) is 29.3 Å². The molecular formula is C20H20Cl2N6O. The highest BCUT2D eigenvalue weighted by Gasteiger charge is 2.08. The number of aryl methyl sites for hydroxylation is 2. The maximum absolute atomic E-state index is 12.2. The predicted molar refractivity (Wildman–Crippen MR) is 117 cm³/mol. The summed E-state index contributed by atoms with van der Waals surface area (Å²) in [5.74, 6) is 0.846. The molecule has 0 saturated heterocycles. The van der Waals surface area contributed by atoms with Crippen LogP contribution in [0.1, 0.15) is 17.8 Å². The van der Waals surface area contributed by atoms with E-state index in [9.17, 15) is 4.79 Å². The van der Waals surface area contributed by atoms with E-state index in [2.05, 4.69) is 30.9 Å². The summed E-state index contributed by atoms with van der Waals surface area (Å²) >= 11 is 11.8. The zero-order chi connectivity index (χ0) is 20.6. The fourth-order valence-electron chi connectivity index (χ4n) is 2.58. The fourth-order valence-corrected chi connectivity index (χ4v) is 2.88. The lowest BCUT2D eigenvalue weighted by Crippen LogP contribution is -2.21. The van der Waals surface area contributed by atoms with E-state index in [0.717, 1.165) is 30.8 Å². The summed E-state index contributed by atoms with van der Waals surface area (Å²) < 4.78 is 0. The number of hydrogen-bond acceptors (Lipinski definition) is 5. The van der Waals surface area contributed by atoms with Gasteiger partial charge in [-0.05, 0) is 50.1 Å². The van der Waals surface area contributed by atoms with E-state index in [-0.39, 0.29) is 5.95 Å². The Hall–Kier alpha value is -2.90. The number of carbonyl (C=O) groups excluding carboxylic acids is 1. The van der Waals surface area contributed by atoms with E-state index in [0.29, 0.717) is 21.6 Å². The third-order valence-corrected chi connectivity index (χ3v) is 4.64. The molecule has 3 N–H and O–H groups in total. The Morgan fingerprint density at radius 1 is 1.03 bits per heavy atom. The zero-order valence-electron chi connectivity index (χ0n) is 15.7. The first-order chi connectivity index (χ1) is 14.0. The Morgan fingerprint density at radius 2 is 1.90 bits per heavy atom. The number of benzene rings is 1. The topological polar surface area (TPSA) is 91.8 Å². The number of anilines is 3. The number of aromatic nitrogens is 3. The molecule has 1 aromatic carbocycles. The van der Waals surface area contributed by atoms with Gasteiger partial charge in [0, 0.05) is 35.9 Å². The second-order valence-corrected chi connectivity index (χ2v) is 7.09. The molecule has 29 heavy (non-hydrogen) atoms. The molecule has 0 atom stereocenters. The molecule has 3 aromatic rings. The minimum absolute atomic E-state index is 0.204. The second-order valence-electron chi connectivity index (χ2n) is 6.28. The van der Waals surface area contributed by atoms with Crippen molar-refractivity contribution in [1.82, 2.24) is 15.0 Å². The highest BCUT2D eigenvalue weighted by atomic mass is 35.5. The Morgan fingerprint density at radius 3 is 2.66 bits per heavy atom. The van der Waals surface area contributed by atoms with E-state index in [1.165, 1.54) is 0 Å². The van der Waals surface area contributed by atoms with Crippen molar-refractivity contribution in [3.63, 3.8) is 0 Å². The molecule has 0 spiro atoms. The van der Waals surface area contributed by atoms with Crippen molar-refractivity contribution in [2.24, 2.45) is 0 Å². The predicted octanol–water partition coefficient (Wildman–Crippen LogP) is 5.18. The van der Waals surface area contributed by atoms with Gasteiger partial charge >= 0.3 is 6.03 Å². The standard InChI is InChI=1S/C20H20Cl2N6O/c1-13-11-18(24-10-4-6-14-5-2-3-9-23-14)27-19(25-13)28-20(29)26-15-7-8-16(21)17(22)12-15/h2-3,5,7-9,11-12H,4,6,10H2,1H3,(H3,24,25,26,27,28,29). The number of hydrogen-bond donors (Lipinski definition) is 3. The van der Waals surface area contributed by atoms with Crippen LogP contribution >= 0.6 is 23.2 Å².